The number of benzene rings is 1. The van der Waals surface area contributed by atoms with Crippen molar-refractivity contribution in [1.29, 1.82) is 0 Å². The Kier molecular flexibility index (Phi) is 3.83. The van der Waals surface area contributed by atoms with Crippen LogP contribution >= 0.6 is 0 Å². The third-order valence-electron chi connectivity index (χ3n) is 3.96. The third-order valence-corrected chi connectivity index (χ3v) is 3.96. The Bertz CT molecular complexity index is 575. The molecule has 0 spiro atoms. The lowest BCUT2D eigenvalue weighted by atomic mass is 9.91. The van der Waals surface area contributed by atoms with Crippen molar-refractivity contribution >= 4 is 0 Å². The zero-order valence-corrected chi connectivity index (χ0v) is 12.3. The highest BCUT2D eigenvalue weighted by atomic mass is 15.1. The van der Waals surface area contributed by atoms with E-state index < -0.39 is 0 Å². The van der Waals surface area contributed by atoms with Gasteiger partial charge in [0, 0.05) is 32.0 Å². The minimum atomic E-state index is 0.736. The third kappa shape index (κ3) is 2.75. The van der Waals surface area contributed by atoms with Crippen LogP contribution in [0.1, 0.15) is 25.0 Å². The minimum Gasteiger partial charge on any atom is -0.298 e. The monoisotopic (exact) mass is 266 g/mol. The number of hydrogen-bond donors (Lipinski definition) is 0. The quantitative estimate of drug-likeness (QED) is 0.841. The van der Waals surface area contributed by atoms with Crippen LogP contribution in [0.3, 0.4) is 0 Å². The summed E-state index contributed by atoms with van der Waals surface area (Å²) in [4.78, 5) is 6.69. The maximum absolute atomic E-state index is 4.12. The van der Waals surface area contributed by atoms with E-state index in [9.17, 15) is 0 Å². The Morgan fingerprint density at radius 2 is 1.95 bits per heavy atom. The molecule has 0 radical (unpaired) electrons. The zero-order valence-electron chi connectivity index (χ0n) is 12.3. The van der Waals surface area contributed by atoms with E-state index in [2.05, 4.69) is 54.1 Å². The Morgan fingerprint density at radius 1 is 1.15 bits per heavy atom. The van der Waals surface area contributed by atoms with Crippen molar-refractivity contribution in [2.45, 2.75) is 26.8 Å². The summed E-state index contributed by atoms with van der Waals surface area (Å²) in [6, 6.07) is 10.9. The summed E-state index contributed by atoms with van der Waals surface area (Å²) in [6.45, 7) is 8.05. The van der Waals surface area contributed by atoms with Gasteiger partial charge in [0.25, 0.3) is 0 Å². The molecule has 0 bridgehead atoms. The molecule has 0 aliphatic carbocycles. The maximum atomic E-state index is 4.12. The summed E-state index contributed by atoms with van der Waals surface area (Å²) in [6.07, 6.45) is 4.91. The first-order valence-corrected chi connectivity index (χ1v) is 7.47. The van der Waals surface area contributed by atoms with Gasteiger partial charge in [-0.15, -0.1) is 0 Å². The first-order chi connectivity index (χ1) is 9.74. The van der Waals surface area contributed by atoms with E-state index in [1.165, 1.54) is 35.3 Å². The van der Waals surface area contributed by atoms with Crippen LogP contribution in [0.5, 0.6) is 0 Å². The van der Waals surface area contributed by atoms with Crippen LogP contribution in [0.15, 0.2) is 42.7 Å². The van der Waals surface area contributed by atoms with Crippen molar-refractivity contribution in [2.75, 3.05) is 13.1 Å². The summed E-state index contributed by atoms with van der Waals surface area (Å²) in [7, 11) is 0. The lowest BCUT2D eigenvalue weighted by Gasteiger charge is -2.31. The number of nitrogens with zero attached hydrogens (tertiary/aromatic N) is 2. The Labute approximate surface area is 121 Å². The number of pyridine rings is 1. The summed E-state index contributed by atoms with van der Waals surface area (Å²) in [5, 5.41) is 0. The maximum Gasteiger partial charge on any atom is 0.0273 e. The van der Waals surface area contributed by atoms with Gasteiger partial charge in [-0.3, -0.25) is 9.88 Å². The predicted octanol–water partition coefficient (Wildman–Crippen LogP) is 3.76. The number of rotatable bonds is 3. The second kappa shape index (κ2) is 5.76. The molecule has 2 heterocycles. The molecule has 2 heteroatoms. The molecule has 1 aromatic heterocycles. The highest BCUT2D eigenvalue weighted by Gasteiger charge is 2.19. The molecule has 0 amide bonds. The van der Waals surface area contributed by atoms with Gasteiger partial charge < -0.3 is 0 Å². The van der Waals surface area contributed by atoms with E-state index in [0.717, 1.165) is 18.9 Å². The molecule has 0 saturated heterocycles. The standard InChI is InChI=1S/C18H22N2/c1-14(2)12-20-11-8-18-16(13-20)4-3-5-17(18)15-6-9-19-10-7-15/h3-7,9-10,14H,8,11-13H2,1-2H3. The van der Waals surface area contributed by atoms with Gasteiger partial charge in [-0.2, -0.15) is 0 Å². The lowest BCUT2D eigenvalue weighted by Crippen LogP contribution is -2.33. The molecule has 1 aliphatic rings. The summed E-state index contributed by atoms with van der Waals surface area (Å²) in [5.74, 6) is 0.736. The second-order valence-electron chi connectivity index (χ2n) is 6.06. The molecular weight excluding hydrogens is 244 g/mol. The van der Waals surface area contributed by atoms with E-state index in [4.69, 9.17) is 0 Å². The van der Waals surface area contributed by atoms with Crippen molar-refractivity contribution in [3.8, 4) is 11.1 Å². The van der Waals surface area contributed by atoms with Gasteiger partial charge in [0.1, 0.15) is 0 Å². The van der Waals surface area contributed by atoms with E-state index in [1.54, 1.807) is 0 Å². The molecule has 20 heavy (non-hydrogen) atoms. The van der Waals surface area contributed by atoms with Crippen molar-refractivity contribution in [1.82, 2.24) is 9.88 Å². The van der Waals surface area contributed by atoms with Crippen LogP contribution in [0.2, 0.25) is 0 Å². The molecule has 104 valence electrons. The van der Waals surface area contributed by atoms with Crippen LogP contribution in [-0.2, 0) is 13.0 Å². The fraction of sp³-hybridized carbons (Fsp3) is 0.389. The Hall–Kier alpha value is -1.67. The Balaban J connectivity index is 1.91. The number of fused-ring (bicyclic) bond motifs is 1. The van der Waals surface area contributed by atoms with Gasteiger partial charge in [0.15, 0.2) is 0 Å². The molecule has 0 saturated carbocycles. The van der Waals surface area contributed by atoms with Gasteiger partial charge in [-0.05, 0) is 46.7 Å². The lowest BCUT2D eigenvalue weighted by molar-refractivity contribution is 0.227. The first kappa shape index (κ1) is 13.3. The smallest absolute Gasteiger partial charge is 0.0273 e. The SMILES string of the molecule is CC(C)CN1CCc2c(cccc2-c2ccncc2)C1. The molecule has 0 N–H and O–H groups in total. The van der Waals surface area contributed by atoms with Crippen LogP contribution < -0.4 is 0 Å². The average Bonchev–Trinajstić information content (AvgIpc) is 2.46. The average molecular weight is 266 g/mol. The van der Waals surface area contributed by atoms with Crippen molar-refractivity contribution < 1.29 is 0 Å². The topological polar surface area (TPSA) is 16.1 Å². The van der Waals surface area contributed by atoms with Crippen LogP contribution in [0.4, 0.5) is 0 Å². The van der Waals surface area contributed by atoms with Crippen molar-refractivity contribution in [3.05, 3.63) is 53.9 Å². The van der Waals surface area contributed by atoms with Gasteiger partial charge in [0.2, 0.25) is 0 Å². The fourth-order valence-electron chi connectivity index (χ4n) is 3.14. The van der Waals surface area contributed by atoms with Gasteiger partial charge in [-0.25, -0.2) is 0 Å². The number of aromatic nitrogens is 1. The zero-order chi connectivity index (χ0) is 13.9. The molecule has 2 aromatic rings. The van der Waals surface area contributed by atoms with Crippen LogP contribution in [0.25, 0.3) is 11.1 Å². The normalized spacial score (nSPS) is 15.3. The van der Waals surface area contributed by atoms with Gasteiger partial charge in [0.05, 0.1) is 0 Å². The summed E-state index contributed by atoms with van der Waals surface area (Å²) < 4.78 is 0. The molecule has 0 unspecified atom stereocenters. The van der Waals surface area contributed by atoms with Gasteiger partial charge in [-0.1, -0.05) is 32.0 Å². The van der Waals surface area contributed by atoms with Crippen molar-refractivity contribution in [2.24, 2.45) is 5.92 Å². The molecule has 1 aliphatic heterocycles. The van der Waals surface area contributed by atoms with Crippen LogP contribution in [-0.4, -0.2) is 23.0 Å². The molecule has 1 aromatic carbocycles. The minimum absolute atomic E-state index is 0.736. The molecule has 0 atom stereocenters. The second-order valence-corrected chi connectivity index (χ2v) is 6.06. The fourth-order valence-corrected chi connectivity index (χ4v) is 3.14. The highest BCUT2D eigenvalue weighted by molar-refractivity contribution is 5.68. The predicted molar refractivity (Wildman–Crippen MR) is 83.5 cm³/mol. The number of hydrogen-bond acceptors (Lipinski definition) is 2. The molecule has 3 rings (SSSR count). The van der Waals surface area contributed by atoms with Crippen molar-refractivity contribution in [3.63, 3.8) is 0 Å². The molecule has 0 fully saturated rings. The van der Waals surface area contributed by atoms with E-state index in [0.29, 0.717) is 0 Å². The van der Waals surface area contributed by atoms with E-state index in [1.807, 2.05) is 12.4 Å². The van der Waals surface area contributed by atoms with Crippen LogP contribution in [0, 0.1) is 5.92 Å². The Morgan fingerprint density at radius 3 is 2.70 bits per heavy atom. The largest absolute Gasteiger partial charge is 0.298 e. The van der Waals surface area contributed by atoms with E-state index >= 15 is 0 Å². The summed E-state index contributed by atoms with van der Waals surface area (Å²) >= 11 is 0. The molecular formula is C18H22N2. The van der Waals surface area contributed by atoms with Gasteiger partial charge >= 0.3 is 0 Å². The van der Waals surface area contributed by atoms with E-state index in [-0.39, 0.29) is 0 Å². The highest BCUT2D eigenvalue weighted by Crippen LogP contribution is 2.30. The first-order valence-electron chi connectivity index (χ1n) is 7.47. The summed E-state index contributed by atoms with van der Waals surface area (Å²) in [5.41, 5.74) is 5.69. The molecule has 2 nitrogen and oxygen atoms in total.